The first-order valence-electron chi connectivity index (χ1n) is 9.97. The van der Waals surface area contributed by atoms with Crippen molar-refractivity contribution >= 4 is 17.5 Å². The molecule has 7 nitrogen and oxygen atoms in total. The number of ether oxygens (including phenoxy) is 1. The molecule has 1 aromatic carbocycles. The van der Waals surface area contributed by atoms with Crippen LogP contribution in [0.4, 0.5) is 5.69 Å². The number of fused-ring (bicyclic) bond motifs is 1. The second kappa shape index (κ2) is 9.39. The van der Waals surface area contributed by atoms with Gasteiger partial charge in [-0.1, -0.05) is 19.8 Å². The highest BCUT2D eigenvalue weighted by atomic mass is 16.5. The molecule has 0 fully saturated rings. The molecule has 0 bridgehead atoms. The quantitative estimate of drug-likeness (QED) is 0.683. The van der Waals surface area contributed by atoms with Gasteiger partial charge < -0.3 is 19.9 Å². The molecule has 28 heavy (non-hydrogen) atoms. The van der Waals surface area contributed by atoms with Crippen molar-refractivity contribution in [3.8, 4) is 5.75 Å². The van der Waals surface area contributed by atoms with Gasteiger partial charge in [0.15, 0.2) is 11.5 Å². The first kappa shape index (κ1) is 19.9. The molecule has 150 valence electrons. The average molecular weight is 384 g/mol. The van der Waals surface area contributed by atoms with Crippen LogP contribution >= 0.6 is 0 Å². The zero-order chi connectivity index (χ0) is 19.9. The van der Waals surface area contributed by atoms with E-state index in [-0.39, 0.29) is 11.8 Å². The average Bonchev–Trinajstić information content (AvgIpc) is 3.11. The van der Waals surface area contributed by atoms with E-state index in [1.165, 1.54) is 0 Å². The minimum atomic E-state index is -0.291. The number of anilines is 1. The Labute approximate surface area is 165 Å². The van der Waals surface area contributed by atoms with E-state index in [1.807, 2.05) is 4.57 Å². The van der Waals surface area contributed by atoms with Crippen molar-refractivity contribution in [1.82, 2.24) is 14.9 Å². The fourth-order valence-electron chi connectivity index (χ4n) is 3.42. The van der Waals surface area contributed by atoms with Crippen LogP contribution < -0.4 is 15.4 Å². The first-order chi connectivity index (χ1) is 13.6. The number of hydrogen-bond acceptors (Lipinski definition) is 4. The molecule has 0 radical (unpaired) electrons. The molecule has 0 atom stereocenters. The van der Waals surface area contributed by atoms with Crippen LogP contribution in [0.25, 0.3) is 0 Å². The van der Waals surface area contributed by atoms with Gasteiger partial charge in [-0.2, -0.15) is 0 Å². The van der Waals surface area contributed by atoms with Gasteiger partial charge in [-0.25, -0.2) is 4.98 Å². The Hall–Kier alpha value is -2.83. The smallest absolute Gasteiger partial charge is 0.287 e. The minimum absolute atomic E-state index is 0.206. The summed E-state index contributed by atoms with van der Waals surface area (Å²) in [6.07, 6.45) is 5.85. The summed E-state index contributed by atoms with van der Waals surface area (Å²) in [4.78, 5) is 29.9. The molecule has 2 aromatic rings. The number of unbranched alkanes of at least 4 members (excludes halogenated alkanes) is 2. The van der Waals surface area contributed by atoms with Crippen LogP contribution in [0.1, 0.15) is 65.8 Å². The molecule has 3 rings (SSSR count). The lowest BCUT2D eigenvalue weighted by Gasteiger charge is -2.17. The largest absolute Gasteiger partial charge is 0.497 e. The van der Waals surface area contributed by atoms with E-state index >= 15 is 0 Å². The molecule has 2 amide bonds. The Kier molecular flexibility index (Phi) is 6.68. The van der Waals surface area contributed by atoms with Crippen molar-refractivity contribution in [2.45, 2.75) is 52.0 Å². The molecule has 0 unspecified atom stereocenters. The summed E-state index contributed by atoms with van der Waals surface area (Å²) in [6.45, 7) is 3.47. The maximum absolute atomic E-state index is 12.8. The van der Waals surface area contributed by atoms with E-state index in [0.29, 0.717) is 23.8 Å². The van der Waals surface area contributed by atoms with Crippen LogP contribution in [-0.2, 0) is 13.0 Å². The van der Waals surface area contributed by atoms with Gasteiger partial charge in [0.25, 0.3) is 11.8 Å². The number of imidazole rings is 1. The van der Waals surface area contributed by atoms with Gasteiger partial charge in [-0.3, -0.25) is 9.59 Å². The fraction of sp³-hybridized carbons (Fsp3) is 0.476. The Morgan fingerprint density at radius 1 is 1.14 bits per heavy atom. The molecule has 1 aliphatic heterocycles. The van der Waals surface area contributed by atoms with E-state index < -0.39 is 0 Å². The van der Waals surface area contributed by atoms with Crippen molar-refractivity contribution < 1.29 is 14.3 Å². The lowest BCUT2D eigenvalue weighted by molar-refractivity contribution is 0.0937. The molecule has 0 saturated heterocycles. The van der Waals surface area contributed by atoms with Crippen LogP contribution in [0.3, 0.4) is 0 Å². The number of methoxy groups -OCH3 is 1. The van der Waals surface area contributed by atoms with Gasteiger partial charge in [0.05, 0.1) is 12.8 Å². The highest BCUT2D eigenvalue weighted by molar-refractivity contribution is 6.05. The van der Waals surface area contributed by atoms with Gasteiger partial charge in [0, 0.05) is 18.8 Å². The maximum Gasteiger partial charge on any atom is 0.287 e. The Bertz CT molecular complexity index is 827. The van der Waals surface area contributed by atoms with Gasteiger partial charge in [-0.05, 0) is 49.9 Å². The highest BCUT2D eigenvalue weighted by Gasteiger charge is 2.27. The molecule has 0 spiro atoms. The molecule has 0 aliphatic carbocycles. The second-order valence-corrected chi connectivity index (χ2v) is 6.99. The standard InChI is InChI=1S/C21H28N4O3/c1-3-4-6-13-22-21(27)19-24-18(17-8-5-7-14-25(17)19)20(26)23-15-9-11-16(28-2)12-10-15/h9-12H,3-8,13-14H2,1-2H3,(H,22,27)(H,23,26). The lowest BCUT2D eigenvalue weighted by Crippen LogP contribution is -2.28. The topological polar surface area (TPSA) is 85.2 Å². The Morgan fingerprint density at radius 2 is 1.93 bits per heavy atom. The van der Waals surface area contributed by atoms with Crippen molar-refractivity contribution in [3.63, 3.8) is 0 Å². The predicted molar refractivity (Wildman–Crippen MR) is 108 cm³/mol. The Balaban J connectivity index is 1.77. The third-order valence-electron chi connectivity index (χ3n) is 4.95. The summed E-state index contributed by atoms with van der Waals surface area (Å²) in [5.41, 5.74) is 1.85. The van der Waals surface area contributed by atoms with Crippen molar-refractivity contribution in [3.05, 3.63) is 41.5 Å². The number of carbonyl (C=O) groups excluding carboxylic acids is 2. The number of benzene rings is 1. The monoisotopic (exact) mass is 384 g/mol. The summed E-state index contributed by atoms with van der Waals surface area (Å²) >= 11 is 0. The molecular weight excluding hydrogens is 356 g/mol. The normalized spacial score (nSPS) is 12.9. The SMILES string of the molecule is CCCCCNC(=O)c1nc(C(=O)Nc2ccc(OC)cc2)c2n1CCCC2. The van der Waals surface area contributed by atoms with Gasteiger partial charge in [-0.15, -0.1) is 0 Å². The molecule has 1 aromatic heterocycles. The number of amides is 2. The molecular formula is C21H28N4O3. The van der Waals surface area contributed by atoms with E-state index in [2.05, 4.69) is 22.5 Å². The summed E-state index contributed by atoms with van der Waals surface area (Å²) in [5, 5.41) is 5.80. The maximum atomic E-state index is 12.8. The molecule has 0 saturated carbocycles. The first-order valence-corrected chi connectivity index (χ1v) is 9.97. The Morgan fingerprint density at radius 3 is 2.64 bits per heavy atom. The van der Waals surface area contributed by atoms with Crippen molar-refractivity contribution in [2.75, 3.05) is 19.0 Å². The van der Waals surface area contributed by atoms with E-state index in [0.717, 1.165) is 56.5 Å². The van der Waals surface area contributed by atoms with Crippen LogP contribution in [0.2, 0.25) is 0 Å². The highest BCUT2D eigenvalue weighted by Crippen LogP contribution is 2.23. The zero-order valence-electron chi connectivity index (χ0n) is 16.6. The van der Waals surface area contributed by atoms with E-state index in [9.17, 15) is 9.59 Å². The number of rotatable bonds is 8. The third-order valence-corrected chi connectivity index (χ3v) is 4.95. The van der Waals surface area contributed by atoms with E-state index in [1.54, 1.807) is 31.4 Å². The van der Waals surface area contributed by atoms with Crippen LogP contribution in [0.5, 0.6) is 5.75 Å². The summed E-state index contributed by atoms with van der Waals surface area (Å²) in [5.74, 6) is 0.564. The van der Waals surface area contributed by atoms with Gasteiger partial charge in [0.2, 0.25) is 0 Å². The van der Waals surface area contributed by atoms with Crippen molar-refractivity contribution in [2.24, 2.45) is 0 Å². The van der Waals surface area contributed by atoms with Gasteiger partial charge in [0.1, 0.15) is 5.75 Å². The number of hydrogen-bond donors (Lipinski definition) is 2. The van der Waals surface area contributed by atoms with Crippen LogP contribution in [0, 0.1) is 0 Å². The molecule has 1 aliphatic rings. The predicted octanol–water partition coefficient (Wildman–Crippen LogP) is 3.40. The second-order valence-electron chi connectivity index (χ2n) is 6.99. The lowest BCUT2D eigenvalue weighted by atomic mass is 10.1. The number of aromatic nitrogens is 2. The summed E-state index contributed by atoms with van der Waals surface area (Å²) in [7, 11) is 1.60. The molecule has 7 heteroatoms. The van der Waals surface area contributed by atoms with Gasteiger partial charge >= 0.3 is 0 Å². The number of carbonyl (C=O) groups is 2. The zero-order valence-corrected chi connectivity index (χ0v) is 16.6. The summed E-state index contributed by atoms with van der Waals surface area (Å²) < 4.78 is 7.04. The number of nitrogens with zero attached hydrogens (tertiary/aromatic N) is 2. The molecule has 2 N–H and O–H groups in total. The third kappa shape index (κ3) is 4.52. The minimum Gasteiger partial charge on any atom is -0.497 e. The summed E-state index contributed by atoms with van der Waals surface area (Å²) in [6, 6.07) is 7.13. The van der Waals surface area contributed by atoms with Crippen molar-refractivity contribution in [1.29, 1.82) is 0 Å². The van der Waals surface area contributed by atoms with Crippen LogP contribution in [0.15, 0.2) is 24.3 Å². The van der Waals surface area contributed by atoms with E-state index in [4.69, 9.17) is 4.74 Å². The van der Waals surface area contributed by atoms with Crippen LogP contribution in [-0.4, -0.2) is 35.0 Å². The fourth-order valence-corrected chi connectivity index (χ4v) is 3.42. The molecule has 2 heterocycles. The number of nitrogens with one attached hydrogen (secondary N) is 2.